The number of rotatable bonds is 7. The normalized spacial score (nSPS) is 15.3. The summed E-state index contributed by atoms with van der Waals surface area (Å²) in [5, 5.41) is 7.66. The van der Waals surface area contributed by atoms with Gasteiger partial charge in [0.1, 0.15) is 5.82 Å². The number of benzene rings is 1. The van der Waals surface area contributed by atoms with E-state index in [0.29, 0.717) is 6.54 Å². The summed E-state index contributed by atoms with van der Waals surface area (Å²) < 4.78 is 0. The van der Waals surface area contributed by atoms with Gasteiger partial charge in [-0.05, 0) is 43.5 Å². The second kappa shape index (κ2) is 8.61. The topological polar surface area (TPSA) is 52.6 Å². The van der Waals surface area contributed by atoms with Crippen LogP contribution in [0.4, 0.5) is 5.82 Å². The van der Waals surface area contributed by atoms with Crippen molar-refractivity contribution >= 4 is 23.4 Å². The van der Waals surface area contributed by atoms with E-state index in [1.165, 1.54) is 18.4 Å². The van der Waals surface area contributed by atoms with Gasteiger partial charge < -0.3 is 15.5 Å². The molecule has 1 aliphatic rings. The lowest BCUT2D eigenvalue weighted by molar-refractivity contribution is 0.646. The lowest BCUT2D eigenvalue weighted by atomic mass is 9.96. The minimum atomic E-state index is 0.171. The Hall–Kier alpha value is -2.27. The van der Waals surface area contributed by atoms with Crippen molar-refractivity contribution in [2.24, 2.45) is 4.99 Å². The number of pyridine rings is 1. The summed E-state index contributed by atoms with van der Waals surface area (Å²) in [6.45, 7) is 4.34. The molecule has 0 saturated heterocycles. The Morgan fingerprint density at radius 3 is 2.70 bits per heavy atom. The van der Waals surface area contributed by atoms with Crippen LogP contribution in [0.3, 0.4) is 0 Å². The molecule has 2 N–H and O–H groups in total. The molecule has 1 aromatic heterocycles. The fraction of sp³-hybridized carbons (Fsp3) is 0.429. The second-order valence-electron chi connectivity index (χ2n) is 7.22. The van der Waals surface area contributed by atoms with Gasteiger partial charge in [-0.15, -0.1) is 0 Å². The number of guanidine groups is 1. The Balaban J connectivity index is 1.69. The number of aliphatic imine (C=N–C) groups is 1. The summed E-state index contributed by atoms with van der Waals surface area (Å²) in [4.78, 5) is 11.2. The molecule has 1 saturated carbocycles. The molecule has 0 aliphatic heterocycles. The van der Waals surface area contributed by atoms with Gasteiger partial charge in [0.25, 0.3) is 0 Å². The van der Waals surface area contributed by atoms with E-state index in [4.69, 9.17) is 16.6 Å². The summed E-state index contributed by atoms with van der Waals surface area (Å²) in [7, 11) is 4.00. The van der Waals surface area contributed by atoms with Gasteiger partial charge in [-0.25, -0.2) is 9.98 Å². The third kappa shape index (κ3) is 4.92. The van der Waals surface area contributed by atoms with E-state index in [1.807, 2.05) is 43.4 Å². The third-order valence-corrected chi connectivity index (χ3v) is 5.16. The first-order valence-electron chi connectivity index (χ1n) is 9.43. The predicted octanol–water partition coefficient (Wildman–Crippen LogP) is 3.59. The Morgan fingerprint density at radius 2 is 2.04 bits per heavy atom. The minimum Gasteiger partial charge on any atom is -0.362 e. The largest absolute Gasteiger partial charge is 0.362 e. The van der Waals surface area contributed by atoms with E-state index < -0.39 is 0 Å². The average molecular weight is 386 g/mol. The molecule has 2 aromatic rings. The fourth-order valence-corrected chi connectivity index (χ4v) is 3.44. The number of aromatic nitrogens is 1. The predicted molar refractivity (Wildman–Crippen MR) is 114 cm³/mol. The maximum absolute atomic E-state index is 6.18. The molecule has 27 heavy (non-hydrogen) atoms. The summed E-state index contributed by atoms with van der Waals surface area (Å²) in [6.07, 6.45) is 4.16. The first-order chi connectivity index (χ1) is 13.0. The van der Waals surface area contributed by atoms with Gasteiger partial charge in [0, 0.05) is 49.4 Å². The number of nitrogens with zero attached hydrogens (tertiary/aromatic N) is 3. The van der Waals surface area contributed by atoms with E-state index in [0.717, 1.165) is 35.5 Å². The number of nitrogens with one attached hydrogen (secondary N) is 2. The highest BCUT2D eigenvalue weighted by molar-refractivity contribution is 6.30. The highest BCUT2D eigenvalue weighted by Gasteiger charge is 2.44. The van der Waals surface area contributed by atoms with Crippen LogP contribution in [-0.4, -0.2) is 38.1 Å². The number of halogens is 1. The molecule has 0 radical (unpaired) electrons. The third-order valence-electron chi connectivity index (χ3n) is 4.93. The molecule has 5 nitrogen and oxygen atoms in total. The van der Waals surface area contributed by atoms with E-state index in [9.17, 15) is 0 Å². The summed E-state index contributed by atoms with van der Waals surface area (Å²) in [5.41, 5.74) is 2.58. The Morgan fingerprint density at radius 1 is 1.22 bits per heavy atom. The number of anilines is 1. The van der Waals surface area contributed by atoms with E-state index >= 15 is 0 Å². The first-order valence-corrected chi connectivity index (χ1v) is 9.81. The van der Waals surface area contributed by atoms with Crippen LogP contribution in [0.1, 0.15) is 30.9 Å². The van der Waals surface area contributed by atoms with Gasteiger partial charge in [0.05, 0.1) is 6.54 Å². The lowest BCUT2D eigenvalue weighted by Gasteiger charge is -2.20. The van der Waals surface area contributed by atoms with Crippen molar-refractivity contribution in [2.75, 3.05) is 32.1 Å². The van der Waals surface area contributed by atoms with Crippen molar-refractivity contribution in [1.82, 2.24) is 15.6 Å². The number of hydrogen-bond donors (Lipinski definition) is 2. The maximum Gasteiger partial charge on any atom is 0.191 e. The quantitative estimate of drug-likeness (QED) is 0.565. The average Bonchev–Trinajstić information content (AvgIpc) is 3.45. The Bertz CT molecular complexity index is 799. The van der Waals surface area contributed by atoms with Crippen LogP contribution in [0.25, 0.3) is 0 Å². The van der Waals surface area contributed by atoms with Crippen LogP contribution in [0, 0.1) is 0 Å². The summed E-state index contributed by atoms with van der Waals surface area (Å²) in [6, 6.07) is 12.2. The molecule has 1 aliphatic carbocycles. The van der Waals surface area contributed by atoms with Gasteiger partial charge >= 0.3 is 0 Å². The zero-order valence-electron chi connectivity index (χ0n) is 16.3. The Labute approximate surface area is 166 Å². The minimum absolute atomic E-state index is 0.171. The monoisotopic (exact) mass is 385 g/mol. The lowest BCUT2D eigenvalue weighted by Crippen LogP contribution is -2.41. The smallest absolute Gasteiger partial charge is 0.191 e. The Kier molecular flexibility index (Phi) is 6.22. The zero-order chi connectivity index (χ0) is 19.3. The van der Waals surface area contributed by atoms with Crippen LogP contribution < -0.4 is 15.5 Å². The number of hydrogen-bond acceptors (Lipinski definition) is 3. The van der Waals surface area contributed by atoms with Crippen molar-refractivity contribution in [2.45, 2.75) is 31.7 Å². The van der Waals surface area contributed by atoms with E-state index in [-0.39, 0.29) is 5.41 Å². The SMILES string of the molecule is CCNC(=NCc1cccnc1N(C)C)NCC1(c2cccc(Cl)c2)CC1. The molecule has 0 bridgehead atoms. The van der Waals surface area contributed by atoms with Gasteiger partial charge in [0.15, 0.2) is 5.96 Å². The van der Waals surface area contributed by atoms with E-state index in [2.05, 4.69) is 40.7 Å². The molecule has 1 fully saturated rings. The summed E-state index contributed by atoms with van der Waals surface area (Å²) >= 11 is 6.18. The van der Waals surface area contributed by atoms with Crippen LogP contribution in [0.2, 0.25) is 5.02 Å². The van der Waals surface area contributed by atoms with Gasteiger partial charge in [-0.1, -0.05) is 29.8 Å². The van der Waals surface area contributed by atoms with Crippen LogP contribution in [-0.2, 0) is 12.0 Å². The van der Waals surface area contributed by atoms with Crippen molar-refractivity contribution in [3.05, 3.63) is 58.7 Å². The van der Waals surface area contributed by atoms with Gasteiger partial charge in [0.2, 0.25) is 0 Å². The molecule has 1 aromatic carbocycles. The molecule has 0 atom stereocenters. The second-order valence-corrected chi connectivity index (χ2v) is 7.66. The van der Waals surface area contributed by atoms with Crippen molar-refractivity contribution in [3.63, 3.8) is 0 Å². The molecular weight excluding hydrogens is 358 g/mol. The molecule has 1 heterocycles. The first kappa shape index (κ1) is 19.5. The molecular formula is C21H28ClN5. The van der Waals surface area contributed by atoms with Crippen LogP contribution in [0.5, 0.6) is 0 Å². The molecule has 3 rings (SSSR count). The summed E-state index contributed by atoms with van der Waals surface area (Å²) in [5.74, 6) is 1.79. The van der Waals surface area contributed by atoms with Crippen LogP contribution >= 0.6 is 11.6 Å². The van der Waals surface area contributed by atoms with Crippen molar-refractivity contribution in [1.29, 1.82) is 0 Å². The molecule has 144 valence electrons. The molecule has 0 unspecified atom stereocenters. The highest BCUT2D eigenvalue weighted by Crippen LogP contribution is 2.48. The zero-order valence-corrected chi connectivity index (χ0v) is 17.1. The van der Waals surface area contributed by atoms with Crippen molar-refractivity contribution < 1.29 is 0 Å². The molecule has 0 amide bonds. The standard InChI is InChI=1S/C21H28ClN5/c1-4-23-20(25-14-16-7-6-12-24-19(16)27(2)3)26-15-21(10-11-21)17-8-5-9-18(22)13-17/h5-9,12-13H,4,10-11,14-15H2,1-3H3,(H2,23,25,26). The molecule has 0 spiro atoms. The van der Waals surface area contributed by atoms with Crippen molar-refractivity contribution in [3.8, 4) is 0 Å². The van der Waals surface area contributed by atoms with E-state index in [1.54, 1.807) is 0 Å². The van der Waals surface area contributed by atoms with Crippen LogP contribution in [0.15, 0.2) is 47.6 Å². The van der Waals surface area contributed by atoms with Gasteiger partial charge in [-0.2, -0.15) is 0 Å². The highest BCUT2D eigenvalue weighted by atomic mass is 35.5. The fourth-order valence-electron chi connectivity index (χ4n) is 3.25. The molecule has 6 heteroatoms. The van der Waals surface area contributed by atoms with Gasteiger partial charge in [-0.3, -0.25) is 0 Å². The maximum atomic E-state index is 6.18.